The van der Waals surface area contributed by atoms with Crippen molar-refractivity contribution >= 4 is 30.3 Å². The van der Waals surface area contributed by atoms with E-state index in [0.717, 1.165) is 0 Å². The first-order valence-corrected chi connectivity index (χ1v) is 13.5. The lowest BCUT2D eigenvalue weighted by Gasteiger charge is -2.43. The van der Waals surface area contributed by atoms with Crippen molar-refractivity contribution in [2.24, 2.45) is 5.92 Å². The van der Waals surface area contributed by atoms with Gasteiger partial charge in [0.05, 0.1) is 12.5 Å². The number of hydrogen-bond donors (Lipinski definition) is 2. The van der Waals surface area contributed by atoms with Gasteiger partial charge in [0.15, 0.2) is 0 Å². The second kappa shape index (κ2) is 11.0. The molecular weight excluding hydrogens is 442 g/mol. The van der Waals surface area contributed by atoms with Crippen LogP contribution in [0.5, 0.6) is 5.75 Å². The van der Waals surface area contributed by atoms with Gasteiger partial charge < -0.3 is 19.5 Å². The van der Waals surface area contributed by atoms with E-state index in [-0.39, 0.29) is 23.3 Å². The molecule has 0 heterocycles. The molecule has 0 bridgehead atoms. The molecule has 5 nitrogen and oxygen atoms in total. The number of aliphatic hydroxyl groups excluding tert-OH is 1. The number of nitrogens with zero attached hydrogens (tertiary/aromatic N) is 1. The van der Waals surface area contributed by atoms with Crippen LogP contribution in [0.4, 0.5) is 5.69 Å². The molecule has 3 rings (SSSR count). The van der Waals surface area contributed by atoms with Gasteiger partial charge in [-0.15, -0.1) is 0 Å². The summed E-state index contributed by atoms with van der Waals surface area (Å²) in [5.41, 5.74) is 0.661. The number of phenolic OH excluding ortho intramolecular Hbond substituents is 1. The topological polar surface area (TPSA) is 70.0 Å². The summed E-state index contributed by atoms with van der Waals surface area (Å²) >= 11 is 0. The number of rotatable bonds is 9. The van der Waals surface area contributed by atoms with Crippen molar-refractivity contribution < 1.29 is 19.4 Å². The Hall–Kier alpha value is -2.93. The van der Waals surface area contributed by atoms with E-state index in [1.807, 2.05) is 36.4 Å². The molecule has 0 radical (unpaired) electrons. The van der Waals surface area contributed by atoms with E-state index >= 15 is 0 Å². The lowest BCUT2D eigenvalue weighted by molar-refractivity contribution is -0.123. The molecule has 0 saturated heterocycles. The molecule has 2 N–H and O–H groups in total. The monoisotopic (exact) mass is 477 g/mol. The number of amides is 1. The Morgan fingerprint density at radius 3 is 1.85 bits per heavy atom. The Labute approximate surface area is 203 Å². The number of phenols is 1. The molecule has 0 aliphatic rings. The van der Waals surface area contributed by atoms with E-state index in [1.54, 1.807) is 31.3 Å². The summed E-state index contributed by atoms with van der Waals surface area (Å²) in [6.45, 7) is 6.74. The summed E-state index contributed by atoms with van der Waals surface area (Å²) in [5.74, 6) is -0.627. The average molecular weight is 478 g/mol. The third-order valence-electron chi connectivity index (χ3n) is 6.34. The van der Waals surface area contributed by atoms with E-state index in [9.17, 15) is 15.0 Å². The van der Waals surface area contributed by atoms with Crippen molar-refractivity contribution in [1.82, 2.24) is 0 Å². The van der Waals surface area contributed by atoms with Gasteiger partial charge in [0.1, 0.15) is 5.75 Å². The highest BCUT2D eigenvalue weighted by Crippen LogP contribution is 2.37. The molecule has 6 heteroatoms. The van der Waals surface area contributed by atoms with E-state index < -0.39 is 14.2 Å². The summed E-state index contributed by atoms with van der Waals surface area (Å²) < 4.78 is 6.87. The van der Waals surface area contributed by atoms with Crippen molar-refractivity contribution in [2.75, 3.05) is 25.2 Å². The third kappa shape index (κ3) is 5.41. The summed E-state index contributed by atoms with van der Waals surface area (Å²) in [7, 11) is -1.01. The average Bonchev–Trinajstić information content (AvgIpc) is 2.84. The quantitative estimate of drug-likeness (QED) is 0.458. The number of anilines is 1. The van der Waals surface area contributed by atoms with Gasteiger partial charge in [0, 0.05) is 19.3 Å². The van der Waals surface area contributed by atoms with Gasteiger partial charge in [-0.05, 0) is 46.1 Å². The number of benzene rings is 3. The smallest absolute Gasteiger partial charge is 0.261 e. The van der Waals surface area contributed by atoms with Crippen LogP contribution < -0.4 is 15.3 Å². The maximum absolute atomic E-state index is 13.1. The summed E-state index contributed by atoms with van der Waals surface area (Å²) in [4.78, 5) is 14.6. The molecule has 34 heavy (non-hydrogen) atoms. The zero-order valence-corrected chi connectivity index (χ0v) is 21.4. The molecule has 180 valence electrons. The Bertz CT molecular complexity index is 1010. The normalized spacial score (nSPS) is 12.9. The first-order chi connectivity index (χ1) is 16.2. The highest BCUT2D eigenvalue weighted by molar-refractivity contribution is 6.99. The summed E-state index contributed by atoms with van der Waals surface area (Å²) in [6, 6.07) is 27.2. The Kier molecular flexibility index (Phi) is 8.31. The molecule has 0 fully saturated rings. The van der Waals surface area contributed by atoms with Gasteiger partial charge >= 0.3 is 0 Å². The number of aromatic hydroxyl groups is 1. The van der Waals surface area contributed by atoms with E-state index in [1.165, 1.54) is 15.3 Å². The standard InChI is InChI=1S/C28H35NO4Si/c1-28(2,3)34(25-11-7-5-8-12-25,26-13-9-6-10-14-26)33-20-19-22(21-30)27(32)29(4)23-15-17-24(31)18-16-23/h5-18,22,30-31H,19-21H2,1-4H3. The van der Waals surface area contributed by atoms with Crippen molar-refractivity contribution in [3.63, 3.8) is 0 Å². The second-order valence-electron chi connectivity index (χ2n) is 9.59. The van der Waals surface area contributed by atoms with Crippen LogP contribution in [0.1, 0.15) is 27.2 Å². The second-order valence-corrected chi connectivity index (χ2v) is 13.9. The van der Waals surface area contributed by atoms with Gasteiger partial charge in [0.2, 0.25) is 5.91 Å². The van der Waals surface area contributed by atoms with Crippen LogP contribution in [0.15, 0.2) is 84.9 Å². The lowest BCUT2D eigenvalue weighted by Crippen LogP contribution is -2.66. The van der Waals surface area contributed by atoms with Gasteiger partial charge in [0.25, 0.3) is 8.32 Å². The predicted molar refractivity (Wildman–Crippen MR) is 140 cm³/mol. The summed E-state index contributed by atoms with van der Waals surface area (Å²) in [6.07, 6.45) is 0.405. The lowest BCUT2D eigenvalue weighted by atomic mass is 10.1. The van der Waals surface area contributed by atoms with Crippen molar-refractivity contribution in [3.8, 4) is 5.75 Å². The molecule has 0 spiro atoms. The fraction of sp³-hybridized carbons (Fsp3) is 0.321. The summed E-state index contributed by atoms with van der Waals surface area (Å²) in [5, 5.41) is 21.8. The fourth-order valence-electron chi connectivity index (χ4n) is 4.49. The molecule has 3 aromatic rings. The number of hydrogen-bond acceptors (Lipinski definition) is 4. The Morgan fingerprint density at radius 2 is 1.41 bits per heavy atom. The van der Waals surface area contributed by atoms with E-state index in [0.29, 0.717) is 18.7 Å². The Morgan fingerprint density at radius 1 is 0.912 bits per heavy atom. The number of carbonyl (C=O) groups excluding carboxylic acids is 1. The minimum atomic E-state index is -2.70. The van der Waals surface area contributed by atoms with Gasteiger partial charge in [-0.2, -0.15) is 0 Å². The van der Waals surface area contributed by atoms with E-state index in [4.69, 9.17) is 4.43 Å². The molecule has 0 aliphatic heterocycles. The Balaban J connectivity index is 1.85. The highest BCUT2D eigenvalue weighted by Gasteiger charge is 2.50. The molecule has 3 aromatic carbocycles. The van der Waals surface area contributed by atoms with Gasteiger partial charge in [-0.3, -0.25) is 4.79 Å². The van der Waals surface area contributed by atoms with Crippen LogP contribution in [0, 0.1) is 5.92 Å². The number of aliphatic hydroxyl groups is 1. The van der Waals surface area contributed by atoms with Gasteiger partial charge in [-0.1, -0.05) is 81.4 Å². The van der Waals surface area contributed by atoms with E-state index in [2.05, 4.69) is 45.0 Å². The predicted octanol–water partition coefficient (Wildman–Crippen LogP) is 3.93. The van der Waals surface area contributed by atoms with Crippen LogP contribution in [-0.4, -0.2) is 44.7 Å². The van der Waals surface area contributed by atoms with Crippen molar-refractivity contribution in [1.29, 1.82) is 0 Å². The molecule has 0 aliphatic carbocycles. The highest BCUT2D eigenvalue weighted by atomic mass is 28.4. The zero-order valence-electron chi connectivity index (χ0n) is 20.4. The fourth-order valence-corrected chi connectivity index (χ4v) is 9.07. The SMILES string of the molecule is CN(C(=O)C(CO)CCO[Si](c1ccccc1)(c1ccccc1)C(C)(C)C)c1ccc(O)cc1. The molecule has 1 unspecified atom stereocenters. The van der Waals surface area contributed by atoms with Crippen molar-refractivity contribution in [3.05, 3.63) is 84.9 Å². The van der Waals surface area contributed by atoms with Crippen molar-refractivity contribution in [2.45, 2.75) is 32.2 Å². The molecule has 1 atom stereocenters. The minimum absolute atomic E-state index is 0.141. The third-order valence-corrected chi connectivity index (χ3v) is 11.4. The minimum Gasteiger partial charge on any atom is -0.508 e. The molecule has 0 aromatic heterocycles. The maximum Gasteiger partial charge on any atom is 0.261 e. The molecule has 1 amide bonds. The maximum atomic E-state index is 13.1. The largest absolute Gasteiger partial charge is 0.508 e. The zero-order chi connectivity index (χ0) is 24.8. The molecular formula is C28H35NO4Si. The molecule has 0 saturated carbocycles. The first-order valence-electron chi connectivity index (χ1n) is 11.6. The van der Waals surface area contributed by atoms with Crippen LogP contribution in [-0.2, 0) is 9.22 Å². The number of carbonyl (C=O) groups is 1. The van der Waals surface area contributed by atoms with Gasteiger partial charge in [-0.25, -0.2) is 0 Å². The van der Waals surface area contributed by atoms with Crippen LogP contribution in [0.3, 0.4) is 0 Å². The first kappa shape index (κ1) is 25.7. The van der Waals surface area contributed by atoms with Crippen LogP contribution >= 0.6 is 0 Å². The van der Waals surface area contributed by atoms with Crippen LogP contribution in [0.25, 0.3) is 0 Å². The van der Waals surface area contributed by atoms with Crippen LogP contribution in [0.2, 0.25) is 5.04 Å².